The van der Waals surface area contributed by atoms with Gasteiger partial charge in [-0.1, -0.05) is 17.7 Å². The standard InChI is InChI=1S/C44H52ClF2N7O8S/c1-43(2,3)61-41(57)51-39-29(20-48)33-27(12-13-31(46)37(33)63-39)34-30(45)19-28-36(35(34)47)49-40(60-23-26-9-7-15-52(26)16-8-17-59-18-14-32(55)56)50-38(28)53-21-24-10-11-25(22-53)54(24)42(58)62-44(4,5)6/h12-13,19,24-26H,7-11,14-18,21-23H2,1-6H3,(H,51,57)(H,55,56)/t24?,25?,26-/m0/s1. The SMILES string of the molecule is CC(C)(C)OC(=O)Nc1sc2c(F)ccc(-c3c(Cl)cc4c(N5CC6CCC(C5)N6C(=O)OC(C)(C)C)nc(OC[C@@H]5CCCN5CCCOCCC(=O)O)nc4c3F)c2c1C#N. The zero-order valence-corrected chi connectivity index (χ0v) is 37.8. The Morgan fingerprint density at radius 2 is 1.75 bits per heavy atom. The van der Waals surface area contributed by atoms with Crippen LogP contribution >= 0.6 is 22.9 Å². The maximum Gasteiger partial charge on any atom is 0.412 e. The zero-order chi connectivity index (χ0) is 45.4. The lowest BCUT2D eigenvalue weighted by molar-refractivity contribution is -0.138. The number of nitriles is 1. The van der Waals surface area contributed by atoms with Crippen molar-refractivity contribution in [3.63, 3.8) is 0 Å². The summed E-state index contributed by atoms with van der Waals surface area (Å²) in [5.41, 5.74) is -1.76. The monoisotopic (exact) mass is 911 g/mol. The number of amides is 2. The number of benzene rings is 2. The van der Waals surface area contributed by atoms with E-state index in [9.17, 15) is 19.6 Å². The highest BCUT2D eigenvalue weighted by molar-refractivity contribution is 7.23. The number of anilines is 2. The van der Waals surface area contributed by atoms with Crippen LogP contribution in [0.25, 0.3) is 32.1 Å². The Hall–Kier alpha value is -5.09. The van der Waals surface area contributed by atoms with E-state index in [-0.39, 0.29) is 86.1 Å². The molecule has 338 valence electrons. The van der Waals surface area contributed by atoms with Crippen LogP contribution in [0.5, 0.6) is 6.01 Å². The van der Waals surface area contributed by atoms with Gasteiger partial charge in [-0.2, -0.15) is 15.2 Å². The van der Waals surface area contributed by atoms with Crippen molar-refractivity contribution in [1.82, 2.24) is 19.8 Å². The third kappa shape index (κ3) is 10.3. The Balaban J connectivity index is 1.26. The quantitative estimate of drug-likeness (QED) is 0.122. The van der Waals surface area contributed by atoms with Crippen LogP contribution in [-0.4, -0.2) is 118 Å². The van der Waals surface area contributed by atoms with Gasteiger partial charge in [0.25, 0.3) is 0 Å². The maximum atomic E-state index is 17.5. The van der Waals surface area contributed by atoms with Crippen molar-refractivity contribution in [2.75, 3.05) is 56.2 Å². The minimum absolute atomic E-state index is 0.00402. The second kappa shape index (κ2) is 18.6. The summed E-state index contributed by atoms with van der Waals surface area (Å²) in [5, 5.41) is 22.1. The number of nitrogens with zero attached hydrogens (tertiary/aromatic N) is 6. The van der Waals surface area contributed by atoms with Gasteiger partial charge in [-0.3, -0.25) is 19.9 Å². The van der Waals surface area contributed by atoms with Crippen LogP contribution in [0.1, 0.15) is 85.6 Å². The molecule has 3 fully saturated rings. The minimum atomic E-state index is -0.910. The Bertz CT molecular complexity index is 2440. The van der Waals surface area contributed by atoms with E-state index in [4.69, 9.17) is 40.6 Å². The van der Waals surface area contributed by atoms with Gasteiger partial charge in [-0.15, -0.1) is 11.3 Å². The van der Waals surface area contributed by atoms with Crippen LogP contribution in [0.2, 0.25) is 5.02 Å². The van der Waals surface area contributed by atoms with Gasteiger partial charge < -0.3 is 29.0 Å². The van der Waals surface area contributed by atoms with E-state index in [1.807, 2.05) is 25.7 Å². The molecule has 0 aliphatic carbocycles. The minimum Gasteiger partial charge on any atom is -0.481 e. The highest BCUT2D eigenvalue weighted by atomic mass is 35.5. The van der Waals surface area contributed by atoms with Crippen molar-refractivity contribution >= 4 is 72.9 Å². The molecule has 2 aromatic carbocycles. The average molecular weight is 912 g/mol. The molecule has 3 aliphatic rings. The summed E-state index contributed by atoms with van der Waals surface area (Å²) in [6.45, 7) is 13.6. The second-order valence-electron chi connectivity index (χ2n) is 18.0. The summed E-state index contributed by atoms with van der Waals surface area (Å²) in [6.07, 6.45) is 2.67. The first-order valence-corrected chi connectivity index (χ1v) is 22.3. The highest BCUT2D eigenvalue weighted by Crippen LogP contribution is 2.47. The number of aliphatic carboxylic acids is 1. The largest absolute Gasteiger partial charge is 0.481 e. The lowest BCUT2D eigenvalue weighted by atomic mass is 9.97. The number of carbonyl (C=O) groups excluding carboxylic acids is 2. The van der Waals surface area contributed by atoms with Gasteiger partial charge in [0.15, 0.2) is 5.82 Å². The topological polar surface area (TPSA) is 180 Å². The number of carboxylic acid groups (broad SMARTS) is 1. The van der Waals surface area contributed by atoms with E-state index in [1.54, 1.807) is 31.7 Å². The molecular formula is C44H52ClF2N7O8S. The third-order valence-corrected chi connectivity index (χ3v) is 12.5. The number of aromatic nitrogens is 2. The molecular weight excluding hydrogens is 860 g/mol. The molecule has 7 rings (SSSR count). The summed E-state index contributed by atoms with van der Waals surface area (Å²) < 4.78 is 56.0. The van der Waals surface area contributed by atoms with Crippen molar-refractivity contribution in [2.24, 2.45) is 0 Å². The van der Waals surface area contributed by atoms with E-state index in [0.29, 0.717) is 43.9 Å². The molecule has 0 spiro atoms. The summed E-state index contributed by atoms with van der Waals surface area (Å²) in [4.78, 5) is 52.5. The number of halogens is 3. The van der Waals surface area contributed by atoms with Gasteiger partial charge in [0.1, 0.15) is 46.0 Å². The second-order valence-corrected chi connectivity index (χ2v) is 19.5. The normalized spacial score (nSPS) is 19.1. The number of piperazine rings is 1. The number of rotatable bonds is 13. The summed E-state index contributed by atoms with van der Waals surface area (Å²) in [7, 11) is 0. The smallest absolute Gasteiger partial charge is 0.412 e. The molecule has 15 nitrogen and oxygen atoms in total. The van der Waals surface area contributed by atoms with Crippen LogP contribution in [0.15, 0.2) is 18.2 Å². The average Bonchev–Trinajstić information content (AvgIpc) is 3.87. The van der Waals surface area contributed by atoms with Crippen molar-refractivity contribution in [2.45, 2.75) is 109 Å². The summed E-state index contributed by atoms with van der Waals surface area (Å²) in [5.74, 6) is -2.08. The first-order chi connectivity index (χ1) is 29.8. The van der Waals surface area contributed by atoms with Crippen LogP contribution in [0.4, 0.5) is 29.2 Å². The van der Waals surface area contributed by atoms with Crippen LogP contribution in [-0.2, 0) is 19.0 Å². The van der Waals surface area contributed by atoms with Crippen LogP contribution in [0, 0.1) is 23.0 Å². The van der Waals surface area contributed by atoms with Crippen molar-refractivity contribution in [1.29, 1.82) is 5.26 Å². The van der Waals surface area contributed by atoms with Gasteiger partial charge >= 0.3 is 24.2 Å². The fraction of sp³-hybridized carbons (Fsp3) is 0.545. The number of carbonyl (C=O) groups is 3. The highest BCUT2D eigenvalue weighted by Gasteiger charge is 2.45. The van der Waals surface area contributed by atoms with E-state index < -0.39 is 41.0 Å². The Kier molecular flexibility index (Phi) is 13.5. The number of nitrogens with one attached hydrogen (secondary N) is 1. The van der Waals surface area contributed by atoms with E-state index in [1.165, 1.54) is 6.07 Å². The fourth-order valence-electron chi connectivity index (χ4n) is 8.55. The van der Waals surface area contributed by atoms with Crippen molar-refractivity contribution in [3.8, 4) is 23.2 Å². The molecule has 3 saturated heterocycles. The van der Waals surface area contributed by atoms with Gasteiger partial charge in [0.05, 0.1) is 40.4 Å². The lowest BCUT2D eigenvalue weighted by Gasteiger charge is -2.42. The molecule has 3 aliphatic heterocycles. The fourth-order valence-corrected chi connectivity index (χ4v) is 9.91. The Labute approximate surface area is 373 Å². The number of hydrogen-bond donors (Lipinski definition) is 2. The molecule has 19 heteroatoms. The van der Waals surface area contributed by atoms with Gasteiger partial charge in [-0.25, -0.2) is 18.4 Å². The predicted octanol–water partition coefficient (Wildman–Crippen LogP) is 8.97. The molecule has 2 amide bonds. The van der Waals surface area contributed by atoms with Gasteiger partial charge in [0, 0.05) is 48.6 Å². The van der Waals surface area contributed by atoms with Gasteiger partial charge in [0.2, 0.25) is 0 Å². The van der Waals surface area contributed by atoms with E-state index in [0.717, 1.165) is 49.6 Å². The molecule has 0 radical (unpaired) electrons. The predicted molar refractivity (Wildman–Crippen MR) is 235 cm³/mol. The summed E-state index contributed by atoms with van der Waals surface area (Å²) in [6, 6.07) is 5.64. The first kappa shape index (κ1) is 45.9. The number of thiophene rings is 1. The zero-order valence-electron chi connectivity index (χ0n) is 36.2. The number of carboxylic acids is 1. The lowest BCUT2D eigenvalue weighted by Crippen LogP contribution is -2.57. The number of fused-ring (bicyclic) bond motifs is 4. The van der Waals surface area contributed by atoms with E-state index >= 15 is 8.78 Å². The van der Waals surface area contributed by atoms with Crippen LogP contribution < -0.4 is 15.0 Å². The van der Waals surface area contributed by atoms with Crippen molar-refractivity contribution < 1.29 is 47.2 Å². The number of ether oxygens (including phenoxy) is 4. The Morgan fingerprint density at radius 1 is 1.03 bits per heavy atom. The molecule has 0 saturated carbocycles. The number of hydrogen-bond acceptors (Lipinski definition) is 13. The molecule has 2 aromatic heterocycles. The molecule has 2 unspecified atom stereocenters. The van der Waals surface area contributed by atoms with E-state index in [2.05, 4.69) is 21.3 Å². The first-order valence-electron chi connectivity index (χ1n) is 21.1. The van der Waals surface area contributed by atoms with Gasteiger partial charge in [-0.05, 0) is 97.9 Å². The van der Waals surface area contributed by atoms with Crippen molar-refractivity contribution in [3.05, 3.63) is 40.4 Å². The third-order valence-electron chi connectivity index (χ3n) is 11.1. The molecule has 3 atom stereocenters. The molecule has 5 heterocycles. The molecule has 63 heavy (non-hydrogen) atoms. The molecule has 2 bridgehead atoms. The van der Waals surface area contributed by atoms with Crippen LogP contribution in [0.3, 0.4) is 0 Å². The molecule has 2 N–H and O–H groups in total. The summed E-state index contributed by atoms with van der Waals surface area (Å²) >= 11 is 7.84. The number of likely N-dealkylation sites (tertiary alicyclic amines) is 1. The maximum absolute atomic E-state index is 17.5. The Morgan fingerprint density at radius 3 is 2.41 bits per heavy atom. The molecule has 4 aromatic rings.